The number of carbonyl (C=O) groups excluding carboxylic acids is 1. The molecule has 0 atom stereocenters. The number of rotatable bonds is 2. The highest BCUT2D eigenvalue weighted by Crippen LogP contribution is 2.40. The van der Waals surface area contributed by atoms with Crippen molar-refractivity contribution >= 4 is 34.3 Å². The van der Waals surface area contributed by atoms with Gasteiger partial charge in [0.1, 0.15) is 0 Å². The van der Waals surface area contributed by atoms with Crippen molar-refractivity contribution in [3.8, 4) is 0 Å². The number of halogens is 1. The summed E-state index contributed by atoms with van der Waals surface area (Å²) in [6, 6.07) is 25.4. The fourth-order valence-electron chi connectivity index (χ4n) is 3.05. The van der Waals surface area contributed by atoms with E-state index in [0.717, 1.165) is 28.0 Å². The van der Waals surface area contributed by atoms with Crippen molar-refractivity contribution in [1.82, 2.24) is 0 Å². The molecule has 24 heavy (non-hydrogen) atoms. The molecule has 0 saturated carbocycles. The zero-order chi connectivity index (χ0) is 16.5. The largest absolute Gasteiger partial charge is 0.321 e. The summed E-state index contributed by atoms with van der Waals surface area (Å²) in [5.74, 6) is -0.102. The number of carbonyl (C=O) groups is 1. The standard InChI is InChI=1S/C21H14ClNO/c22-16-11-12-18-17(13-16)20(21(24)23-18)19(14-7-3-1-4-8-14)15-9-5-2-6-10-15/h1-13H,(H,23,24). The van der Waals surface area contributed by atoms with E-state index in [2.05, 4.69) is 5.32 Å². The van der Waals surface area contributed by atoms with Crippen LogP contribution in [-0.2, 0) is 4.79 Å². The summed E-state index contributed by atoms with van der Waals surface area (Å²) in [5, 5.41) is 3.55. The molecule has 3 aromatic rings. The Morgan fingerprint density at radius 1 is 0.792 bits per heavy atom. The molecule has 1 amide bonds. The molecular formula is C21H14ClNO. The van der Waals surface area contributed by atoms with E-state index in [1.54, 1.807) is 6.07 Å². The molecule has 0 aliphatic carbocycles. The van der Waals surface area contributed by atoms with Crippen LogP contribution in [0.15, 0.2) is 78.9 Å². The van der Waals surface area contributed by atoms with Crippen LogP contribution < -0.4 is 5.32 Å². The van der Waals surface area contributed by atoms with E-state index in [4.69, 9.17) is 11.6 Å². The first-order valence-corrected chi connectivity index (χ1v) is 8.08. The molecule has 0 bridgehead atoms. The number of fused-ring (bicyclic) bond motifs is 1. The Morgan fingerprint density at radius 2 is 1.38 bits per heavy atom. The Bertz CT molecular complexity index is 905. The monoisotopic (exact) mass is 331 g/mol. The van der Waals surface area contributed by atoms with Crippen LogP contribution in [0.1, 0.15) is 16.7 Å². The lowest BCUT2D eigenvalue weighted by atomic mass is 9.90. The lowest BCUT2D eigenvalue weighted by Gasteiger charge is -2.12. The predicted octanol–water partition coefficient (Wildman–Crippen LogP) is 5.25. The van der Waals surface area contributed by atoms with E-state index in [1.807, 2.05) is 72.8 Å². The van der Waals surface area contributed by atoms with E-state index in [0.29, 0.717) is 10.6 Å². The fraction of sp³-hybridized carbons (Fsp3) is 0. The zero-order valence-electron chi connectivity index (χ0n) is 12.8. The summed E-state index contributed by atoms with van der Waals surface area (Å²) in [7, 11) is 0. The molecule has 1 N–H and O–H groups in total. The van der Waals surface area contributed by atoms with E-state index >= 15 is 0 Å². The molecule has 3 heteroatoms. The van der Waals surface area contributed by atoms with Crippen molar-refractivity contribution in [2.45, 2.75) is 0 Å². The summed E-state index contributed by atoms with van der Waals surface area (Å²) in [6.07, 6.45) is 0. The van der Waals surface area contributed by atoms with Crippen molar-refractivity contribution < 1.29 is 4.79 Å². The summed E-state index contributed by atoms with van der Waals surface area (Å²) in [4.78, 5) is 12.7. The number of nitrogens with one attached hydrogen (secondary N) is 1. The number of benzene rings is 3. The number of hydrogen-bond donors (Lipinski definition) is 1. The lowest BCUT2D eigenvalue weighted by molar-refractivity contribution is -0.110. The van der Waals surface area contributed by atoms with Gasteiger partial charge in [0.2, 0.25) is 0 Å². The fourth-order valence-corrected chi connectivity index (χ4v) is 3.22. The average Bonchev–Trinajstić information content (AvgIpc) is 2.93. The van der Waals surface area contributed by atoms with E-state index < -0.39 is 0 Å². The van der Waals surface area contributed by atoms with Gasteiger partial charge >= 0.3 is 0 Å². The van der Waals surface area contributed by atoms with Gasteiger partial charge in [0.15, 0.2) is 0 Å². The van der Waals surface area contributed by atoms with E-state index in [1.165, 1.54) is 0 Å². The molecule has 116 valence electrons. The SMILES string of the molecule is O=C1Nc2ccc(Cl)cc2C1=C(c1ccccc1)c1ccccc1. The third-order valence-electron chi connectivity index (χ3n) is 4.10. The molecule has 0 unspecified atom stereocenters. The van der Waals surface area contributed by atoms with Gasteiger partial charge in [-0.15, -0.1) is 0 Å². The Labute approximate surface area is 145 Å². The van der Waals surface area contributed by atoms with Gasteiger partial charge in [0, 0.05) is 21.8 Å². The Balaban J connectivity index is 2.06. The van der Waals surface area contributed by atoms with Crippen LogP contribution in [-0.4, -0.2) is 5.91 Å². The van der Waals surface area contributed by atoms with Crippen molar-refractivity contribution in [2.75, 3.05) is 5.32 Å². The molecule has 1 aliphatic heterocycles. The van der Waals surface area contributed by atoms with Crippen LogP contribution in [0.25, 0.3) is 11.1 Å². The van der Waals surface area contributed by atoms with Crippen molar-refractivity contribution in [3.05, 3.63) is 101 Å². The molecule has 0 fully saturated rings. The maximum absolute atomic E-state index is 12.7. The van der Waals surface area contributed by atoms with Gasteiger partial charge in [-0.2, -0.15) is 0 Å². The van der Waals surface area contributed by atoms with Crippen molar-refractivity contribution in [3.63, 3.8) is 0 Å². The maximum atomic E-state index is 12.7. The summed E-state index contributed by atoms with van der Waals surface area (Å²) in [6.45, 7) is 0. The van der Waals surface area contributed by atoms with Crippen LogP contribution in [0.4, 0.5) is 5.69 Å². The van der Waals surface area contributed by atoms with E-state index in [9.17, 15) is 4.79 Å². The van der Waals surface area contributed by atoms with Gasteiger partial charge in [-0.1, -0.05) is 72.3 Å². The molecule has 1 heterocycles. The van der Waals surface area contributed by atoms with Crippen LogP contribution >= 0.6 is 11.6 Å². The second kappa shape index (κ2) is 5.99. The first-order valence-electron chi connectivity index (χ1n) is 7.70. The van der Waals surface area contributed by atoms with Crippen LogP contribution in [0, 0.1) is 0 Å². The molecule has 0 saturated heterocycles. The quantitative estimate of drug-likeness (QED) is 0.638. The summed E-state index contributed by atoms with van der Waals surface area (Å²) in [5.41, 5.74) is 5.21. The first-order chi connectivity index (χ1) is 11.7. The van der Waals surface area contributed by atoms with Crippen molar-refractivity contribution in [2.24, 2.45) is 0 Å². The van der Waals surface area contributed by atoms with Crippen molar-refractivity contribution in [1.29, 1.82) is 0 Å². The Hall–Kier alpha value is -2.84. The number of hydrogen-bond acceptors (Lipinski definition) is 1. The minimum atomic E-state index is -0.102. The second-order valence-electron chi connectivity index (χ2n) is 5.63. The van der Waals surface area contributed by atoms with Crippen LogP contribution in [0.3, 0.4) is 0 Å². The first kappa shape index (κ1) is 14.7. The molecule has 4 rings (SSSR count). The molecule has 1 aliphatic rings. The smallest absolute Gasteiger partial charge is 0.257 e. The molecule has 0 aromatic heterocycles. The summed E-state index contributed by atoms with van der Waals surface area (Å²) < 4.78 is 0. The highest BCUT2D eigenvalue weighted by molar-refractivity contribution is 6.39. The number of amides is 1. The minimum absolute atomic E-state index is 0.102. The Morgan fingerprint density at radius 3 is 1.96 bits per heavy atom. The lowest BCUT2D eigenvalue weighted by Crippen LogP contribution is -2.06. The third kappa shape index (κ3) is 2.51. The van der Waals surface area contributed by atoms with Gasteiger partial charge in [-0.25, -0.2) is 0 Å². The molecule has 0 spiro atoms. The molecular weight excluding hydrogens is 318 g/mol. The highest BCUT2D eigenvalue weighted by atomic mass is 35.5. The maximum Gasteiger partial charge on any atom is 0.257 e. The van der Waals surface area contributed by atoms with Crippen LogP contribution in [0.5, 0.6) is 0 Å². The summed E-state index contributed by atoms with van der Waals surface area (Å²) >= 11 is 6.17. The second-order valence-corrected chi connectivity index (χ2v) is 6.06. The van der Waals surface area contributed by atoms with Gasteiger partial charge in [0.25, 0.3) is 5.91 Å². The zero-order valence-corrected chi connectivity index (χ0v) is 13.5. The minimum Gasteiger partial charge on any atom is -0.321 e. The molecule has 3 aromatic carbocycles. The van der Waals surface area contributed by atoms with Gasteiger partial charge in [-0.3, -0.25) is 4.79 Å². The Kier molecular flexibility index (Phi) is 3.68. The van der Waals surface area contributed by atoms with Gasteiger partial charge < -0.3 is 5.32 Å². The van der Waals surface area contributed by atoms with Gasteiger partial charge in [0.05, 0.1) is 5.57 Å². The topological polar surface area (TPSA) is 29.1 Å². The number of anilines is 1. The van der Waals surface area contributed by atoms with E-state index in [-0.39, 0.29) is 5.91 Å². The van der Waals surface area contributed by atoms with Gasteiger partial charge in [-0.05, 0) is 29.3 Å². The average molecular weight is 332 g/mol. The third-order valence-corrected chi connectivity index (χ3v) is 4.34. The molecule has 0 radical (unpaired) electrons. The highest BCUT2D eigenvalue weighted by Gasteiger charge is 2.28. The molecule has 2 nitrogen and oxygen atoms in total. The van der Waals surface area contributed by atoms with Crippen LogP contribution in [0.2, 0.25) is 5.02 Å². The normalized spacial score (nSPS) is 12.7. The predicted molar refractivity (Wildman–Crippen MR) is 98.9 cm³/mol.